The number of carbonyl (C=O) groups excluding carboxylic acids is 1. The van der Waals surface area contributed by atoms with Gasteiger partial charge in [0.15, 0.2) is 0 Å². The summed E-state index contributed by atoms with van der Waals surface area (Å²) in [7, 11) is 3.50. The highest BCUT2D eigenvalue weighted by Crippen LogP contribution is 2.23. The van der Waals surface area contributed by atoms with Crippen LogP contribution in [-0.4, -0.2) is 28.6 Å². The molecule has 1 aromatic heterocycles. The third-order valence-corrected chi connectivity index (χ3v) is 3.27. The number of amides is 1. The number of nitrogens with one attached hydrogen (secondary N) is 1. The molecule has 0 aliphatic heterocycles. The molecule has 0 fully saturated rings. The van der Waals surface area contributed by atoms with Gasteiger partial charge in [-0.05, 0) is 24.6 Å². The predicted molar refractivity (Wildman–Crippen MR) is 87.1 cm³/mol. The van der Waals surface area contributed by atoms with E-state index in [1.54, 1.807) is 20.2 Å². The van der Waals surface area contributed by atoms with Crippen LogP contribution in [0.2, 0.25) is 0 Å². The van der Waals surface area contributed by atoms with E-state index in [9.17, 15) is 4.79 Å². The fourth-order valence-corrected chi connectivity index (χ4v) is 2.02. The van der Waals surface area contributed by atoms with Gasteiger partial charge in [-0.3, -0.25) is 4.79 Å². The summed E-state index contributed by atoms with van der Waals surface area (Å²) in [5.41, 5.74) is 6.56. The van der Waals surface area contributed by atoms with E-state index >= 15 is 0 Å². The van der Waals surface area contributed by atoms with Crippen molar-refractivity contribution < 1.29 is 9.53 Å². The summed E-state index contributed by atoms with van der Waals surface area (Å²) >= 11 is 0. The lowest BCUT2D eigenvalue weighted by Gasteiger charge is -2.20. The Bertz CT molecular complexity index is 610. The van der Waals surface area contributed by atoms with Crippen LogP contribution >= 0.6 is 12.4 Å². The maximum absolute atomic E-state index is 12.0. The summed E-state index contributed by atoms with van der Waals surface area (Å²) in [6, 6.07) is 6.58. The van der Waals surface area contributed by atoms with Crippen molar-refractivity contribution in [3.8, 4) is 5.75 Å². The van der Waals surface area contributed by atoms with Crippen molar-refractivity contribution in [1.29, 1.82) is 0 Å². The number of benzene rings is 1. The van der Waals surface area contributed by atoms with Crippen LogP contribution in [0.4, 0.5) is 0 Å². The Morgan fingerprint density at radius 3 is 2.45 bits per heavy atom. The molecule has 3 N–H and O–H groups in total. The second kappa shape index (κ2) is 7.82. The lowest BCUT2D eigenvalue weighted by atomic mass is 10.1. The van der Waals surface area contributed by atoms with Gasteiger partial charge in [0, 0.05) is 19.4 Å². The van der Waals surface area contributed by atoms with Crippen molar-refractivity contribution in [3.63, 3.8) is 0 Å². The molecule has 6 nitrogen and oxygen atoms in total. The SMILES string of the molecule is COc1ccc(C(NC(=O)C(C)N)c2nccn2C)cc1.Cl. The fourth-order valence-electron chi connectivity index (χ4n) is 2.02. The third-order valence-electron chi connectivity index (χ3n) is 3.27. The maximum atomic E-state index is 12.0. The number of hydrogen-bond acceptors (Lipinski definition) is 4. The Morgan fingerprint density at radius 1 is 1.36 bits per heavy atom. The average molecular weight is 325 g/mol. The van der Waals surface area contributed by atoms with Crippen molar-refractivity contribution in [2.24, 2.45) is 12.8 Å². The molecule has 120 valence electrons. The number of nitrogens with zero attached hydrogens (tertiary/aromatic N) is 2. The predicted octanol–water partition coefficient (Wildman–Crippen LogP) is 1.40. The number of aromatic nitrogens is 2. The molecule has 2 rings (SSSR count). The van der Waals surface area contributed by atoms with Crippen molar-refractivity contribution in [2.75, 3.05) is 7.11 Å². The Hall–Kier alpha value is -2.05. The highest BCUT2D eigenvalue weighted by Gasteiger charge is 2.22. The zero-order valence-corrected chi connectivity index (χ0v) is 13.6. The molecule has 22 heavy (non-hydrogen) atoms. The maximum Gasteiger partial charge on any atom is 0.237 e. The van der Waals surface area contributed by atoms with Crippen LogP contribution in [0, 0.1) is 0 Å². The van der Waals surface area contributed by atoms with Gasteiger partial charge in [0.1, 0.15) is 17.6 Å². The van der Waals surface area contributed by atoms with Gasteiger partial charge >= 0.3 is 0 Å². The molecule has 2 aromatic rings. The molecule has 2 atom stereocenters. The number of imidazole rings is 1. The summed E-state index contributed by atoms with van der Waals surface area (Å²) < 4.78 is 7.03. The molecule has 0 saturated heterocycles. The van der Waals surface area contributed by atoms with Gasteiger partial charge in [-0.25, -0.2) is 4.98 Å². The van der Waals surface area contributed by atoms with Crippen molar-refractivity contribution in [2.45, 2.75) is 19.0 Å². The number of nitrogens with two attached hydrogens (primary N) is 1. The van der Waals surface area contributed by atoms with Gasteiger partial charge in [-0.2, -0.15) is 0 Å². The Balaban J connectivity index is 0.00000242. The average Bonchev–Trinajstić information content (AvgIpc) is 2.90. The molecule has 1 heterocycles. The van der Waals surface area contributed by atoms with Crippen LogP contribution in [0.3, 0.4) is 0 Å². The van der Waals surface area contributed by atoms with Crippen molar-refractivity contribution >= 4 is 18.3 Å². The van der Waals surface area contributed by atoms with Gasteiger partial charge in [0.25, 0.3) is 0 Å². The fraction of sp³-hybridized carbons (Fsp3) is 0.333. The molecule has 0 aliphatic carbocycles. The number of halogens is 1. The number of aryl methyl sites for hydroxylation is 1. The van der Waals surface area contributed by atoms with Crippen LogP contribution in [0.25, 0.3) is 0 Å². The number of ether oxygens (including phenoxy) is 1. The standard InChI is InChI=1S/C15H20N4O2.ClH/c1-10(16)15(20)18-13(14-17-8-9-19(14)2)11-4-6-12(21-3)7-5-11;/h4-10,13H,16H2,1-3H3,(H,18,20);1H. The summed E-state index contributed by atoms with van der Waals surface area (Å²) in [5.74, 6) is 1.28. The highest BCUT2D eigenvalue weighted by molar-refractivity contribution is 5.85. The molecule has 1 amide bonds. The van der Waals surface area contributed by atoms with E-state index in [1.807, 2.05) is 42.1 Å². The topological polar surface area (TPSA) is 82.2 Å². The van der Waals surface area contributed by atoms with Crippen LogP contribution in [-0.2, 0) is 11.8 Å². The summed E-state index contributed by atoms with van der Waals surface area (Å²) in [4.78, 5) is 16.3. The summed E-state index contributed by atoms with van der Waals surface area (Å²) in [6.45, 7) is 1.65. The first-order chi connectivity index (χ1) is 10.0. The highest BCUT2D eigenvalue weighted by atomic mass is 35.5. The first-order valence-corrected chi connectivity index (χ1v) is 6.70. The monoisotopic (exact) mass is 324 g/mol. The largest absolute Gasteiger partial charge is 0.497 e. The minimum atomic E-state index is -0.578. The third kappa shape index (κ3) is 3.99. The second-order valence-electron chi connectivity index (χ2n) is 4.90. The van der Waals surface area contributed by atoms with E-state index in [-0.39, 0.29) is 24.4 Å². The van der Waals surface area contributed by atoms with Crippen molar-refractivity contribution in [3.05, 3.63) is 48.0 Å². The van der Waals surface area contributed by atoms with E-state index in [2.05, 4.69) is 10.3 Å². The van der Waals surface area contributed by atoms with E-state index < -0.39 is 6.04 Å². The zero-order chi connectivity index (χ0) is 15.4. The molecular formula is C15H21ClN4O2. The zero-order valence-electron chi connectivity index (χ0n) is 12.8. The first-order valence-electron chi connectivity index (χ1n) is 6.70. The number of rotatable bonds is 5. The summed E-state index contributed by atoms with van der Waals surface area (Å²) in [5, 5.41) is 2.93. The Kier molecular flexibility index (Phi) is 6.39. The molecule has 2 unspecified atom stereocenters. The lowest BCUT2D eigenvalue weighted by Crippen LogP contribution is -2.41. The van der Waals surface area contributed by atoms with Crippen LogP contribution < -0.4 is 15.8 Å². The quantitative estimate of drug-likeness (QED) is 0.871. The molecule has 0 saturated carbocycles. The Morgan fingerprint density at radius 2 is 2.00 bits per heavy atom. The van der Waals surface area contributed by atoms with Crippen molar-refractivity contribution in [1.82, 2.24) is 14.9 Å². The van der Waals surface area contributed by atoms with Crippen LogP contribution in [0.15, 0.2) is 36.7 Å². The van der Waals surface area contributed by atoms with Gasteiger partial charge < -0.3 is 20.4 Å². The van der Waals surface area contributed by atoms with E-state index in [0.29, 0.717) is 0 Å². The minimum absolute atomic E-state index is 0. The van der Waals surface area contributed by atoms with Gasteiger partial charge in [0.2, 0.25) is 5.91 Å². The first kappa shape index (κ1) is 18.0. The molecular weight excluding hydrogens is 304 g/mol. The molecule has 7 heteroatoms. The smallest absolute Gasteiger partial charge is 0.237 e. The number of hydrogen-bond donors (Lipinski definition) is 2. The molecule has 0 bridgehead atoms. The van der Waals surface area contributed by atoms with Gasteiger partial charge in [-0.1, -0.05) is 12.1 Å². The number of carbonyl (C=O) groups is 1. The van der Waals surface area contributed by atoms with Gasteiger partial charge in [-0.15, -0.1) is 12.4 Å². The molecule has 1 aromatic carbocycles. The van der Waals surface area contributed by atoms with Crippen LogP contribution in [0.5, 0.6) is 5.75 Å². The lowest BCUT2D eigenvalue weighted by molar-refractivity contribution is -0.122. The van der Waals surface area contributed by atoms with Gasteiger partial charge in [0.05, 0.1) is 13.2 Å². The van der Waals surface area contributed by atoms with E-state index in [4.69, 9.17) is 10.5 Å². The minimum Gasteiger partial charge on any atom is -0.497 e. The van der Waals surface area contributed by atoms with Crippen LogP contribution in [0.1, 0.15) is 24.4 Å². The van der Waals surface area contributed by atoms with E-state index in [0.717, 1.165) is 17.1 Å². The molecule has 0 radical (unpaired) electrons. The Labute approximate surface area is 136 Å². The normalized spacial score (nSPS) is 12.9. The van der Waals surface area contributed by atoms with E-state index in [1.165, 1.54) is 0 Å². The molecule has 0 spiro atoms. The second-order valence-corrected chi connectivity index (χ2v) is 4.90. The summed E-state index contributed by atoms with van der Waals surface area (Å²) in [6.07, 6.45) is 3.54. The number of methoxy groups -OCH3 is 1. The molecule has 0 aliphatic rings.